The van der Waals surface area contributed by atoms with Crippen LogP contribution in [0.15, 0.2) is 18.3 Å². The van der Waals surface area contributed by atoms with Gasteiger partial charge in [0.1, 0.15) is 11.6 Å². The van der Waals surface area contributed by atoms with E-state index in [1.807, 2.05) is 12.3 Å². The van der Waals surface area contributed by atoms with Crippen LogP contribution >= 0.6 is 0 Å². The fourth-order valence-electron chi connectivity index (χ4n) is 4.40. The number of piperidine rings is 1. The van der Waals surface area contributed by atoms with Gasteiger partial charge in [-0.2, -0.15) is 5.10 Å². The lowest BCUT2D eigenvalue weighted by atomic mass is 9.96. The molecule has 2 aliphatic carbocycles. The van der Waals surface area contributed by atoms with Crippen molar-refractivity contribution in [2.45, 2.75) is 63.3 Å². The average Bonchev–Trinajstić information content (AvgIpc) is 3.58. The number of fused-ring (bicyclic) bond motifs is 1. The van der Waals surface area contributed by atoms with Crippen LogP contribution < -0.4 is 9.80 Å². The highest BCUT2D eigenvalue weighted by Gasteiger charge is 2.29. The molecule has 3 heterocycles. The van der Waals surface area contributed by atoms with E-state index in [0.29, 0.717) is 12.0 Å². The summed E-state index contributed by atoms with van der Waals surface area (Å²) in [6.07, 6.45) is 11.5. The number of anilines is 2. The van der Waals surface area contributed by atoms with Crippen molar-refractivity contribution in [3.8, 4) is 0 Å². The van der Waals surface area contributed by atoms with Crippen molar-refractivity contribution >= 4 is 11.6 Å². The van der Waals surface area contributed by atoms with Crippen LogP contribution in [0.5, 0.6) is 0 Å². The van der Waals surface area contributed by atoms with Crippen molar-refractivity contribution in [3.05, 3.63) is 35.4 Å². The minimum absolute atomic E-state index is 0.443. The Morgan fingerprint density at radius 3 is 2.85 bits per heavy atom. The largest absolute Gasteiger partial charge is 0.355 e. The summed E-state index contributed by atoms with van der Waals surface area (Å²) in [4.78, 5) is 14.1. The van der Waals surface area contributed by atoms with Crippen molar-refractivity contribution < 1.29 is 0 Å². The quantitative estimate of drug-likeness (QED) is 0.831. The zero-order chi connectivity index (χ0) is 18.2. The predicted molar refractivity (Wildman–Crippen MR) is 106 cm³/mol. The van der Waals surface area contributed by atoms with Crippen LogP contribution in [-0.2, 0) is 12.8 Å². The van der Waals surface area contributed by atoms with E-state index in [4.69, 9.17) is 4.98 Å². The van der Waals surface area contributed by atoms with Gasteiger partial charge in [0.15, 0.2) is 5.82 Å². The Morgan fingerprint density at radius 2 is 1.96 bits per heavy atom. The number of aromatic nitrogens is 4. The summed E-state index contributed by atoms with van der Waals surface area (Å²) in [5.74, 6) is 3.71. The van der Waals surface area contributed by atoms with Gasteiger partial charge in [0.2, 0.25) is 0 Å². The number of nitrogens with zero attached hydrogens (tertiary/aromatic N) is 6. The molecule has 0 spiro atoms. The number of rotatable bonds is 4. The SMILES string of the molecule is CN(c1ccnc(C2CC2)n1)C1CCCN(c2cc3c(nn2)CCCC3)C1. The van der Waals surface area contributed by atoms with Gasteiger partial charge >= 0.3 is 0 Å². The maximum absolute atomic E-state index is 4.83. The van der Waals surface area contributed by atoms with Gasteiger partial charge in [0, 0.05) is 38.3 Å². The molecule has 3 aliphatic rings. The van der Waals surface area contributed by atoms with E-state index in [2.05, 4.69) is 38.1 Å². The van der Waals surface area contributed by atoms with Crippen LogP contribution in [0.4, 0.5) is 11.6 Å². The minimum Gasteiger partial charge on any atom is -0.355 e. The molecule has 2 fully saturated rings. The number of hydrogen-bond donors (Lipinski definition) is 0. The van der Waals surface area contributed by atoms with Crippen molar-refractivity contribution in [1.29, 1.82) is 0 Å². The van der Waals surface area contributed by atoms with E-state index >= 15 is 0 Å². The maximum Gasteiger partial charge on any atom is 0.151 e. The smallest absolute Gasteiger partial charge is 0.151 e. The molecule has 2 aromatic heterocycles. The van der Waals surface area contributed by atoms with Gasteiger partial charge < -0.3 is 9.80 Å². The first-order valence-corrected chi connectivity index (χ1v) is 10.4. The number of hydrogen-bond acceptors (Lipinski definition) is 6. The Balaban J connectivity index is 1.32. The lowest BCUT2D eigenvalue weighted by Gasteiger charge is -2.38. The summed E-state index contributed by atoms with van der Waals surface area (Å²) in [6.45, 7) is 2.04. The van der Waals surface area contributed by atoms with Crippen molar-refractivity contribution in [3.63, 3.8) is 0 Å². The molecule has 0 N–H and O–H groups in total. The average molecular weight is 364 g/mol. The Bertz CT molecular complexity index is 818. The van der Waals surface area contributed by atoms with Crippen LogP contribution in [0.1, 0.15) is 61.5 Å². The molecular formula is C21H28N6. The third kappa shape index (κ3) is 3.49. The summed E-state index contributed by atoms with van der Waals surface area (Å²) in [5.41, 5.74) is 2.62. The van der Waals surface area contributed by atoms with Crippen LogP contribution in [-0.4, -0.2) is 46.3 Å². The third-order valence-electron chi connectivity index (χ3n) is 6.29. The summed E-state index contributed by atoms with van der Waals surface area (Å²) < 4.78 is 0. The molecule has 6 heteroatoms. The Labute approximate surface area is 161 Å². The Hall–Kier alpha value is -2.24. The predicted octanol–water partition coefficient (Wildman–Crippen LogP) is 3.13. The fraction of sp³-hybridized carbons (Fsp3) is 0.619. The lowest BCUT2D eigenvalue weighted by molar-refractivity contribution is 0.481. The van der Waals surface area contributed by atoms with Gasteiger partial charge in [-0.1, -0.05) is 0 Å². The molecule has 0 bridgehead atoms. The second-order valence-corrected chi connectivity index (χ2v) is 8.28. The van der Waals surface area contributed by atoms with Crippen LogP contribution in [0.3, 0.4) is 0 Å². The summed E-state index contributed by atoms with van der Waals surface area (Å²) in [5, 5.41) is 9.09. The van der Waals surface area contributed by atoms with E-state index in [9.17, 15) is 0 Å². The van der Waals surface area contributed by atoms with Crippen LogP contribution in [0.2, 0.25) is 0 Å². The molecule has 5 rings (SSSR count). The van der Waals surface area contributed by atoms with E-state index in [0.717, 1.165) is 43.4 Å². The lowest BCUT2D eigenvalue weighted by Crippen LogP contribution is -2.47. The van der Waals surface area contributed by atoms with Gasteiger partial charge in [-0.3, -0.25) is 0 Å². The zero-order valence-corrected chi connectivity index (χ0v) is 16.1. The van der Waals surface area contributed by atoms with Gasteiger partial charge in [-0.15, -0.1) is 5.10 Å². The summed E-state index contributed by atoms with van der Waals surface area (Å²) in [7, 11) is 2.17. The molecule has 0 radical (unpaired) electrons. The summed E-state index contributed by atoms with van der Waals surface area (Å²) in [6, 6.07) is 4.78. The van der Waals surface area contributed by atoms with E-state index in [-0.39, 0.29) is 0 Å². The first kappa shape index (κ1) is 16.9. The molecule has 1 aliphatic heterocycles. The van der Waals surface area contributed by atoms with Crippen molar-refractivity contribution in [2.75, 3.05) is 29.9 Å². The highest BCUT2D eigenvalue weighted by Crippen LogP contribution is 2.38. The molecule has 1 unspecified atom stereocenters. The van der Waals surface area contributed by atoms with E-state index in [1.165, 1.54) is 49.8 Å². The standard InChI is InChI=1S/C21H28N6/c1-26(19-10-11-22-21(23-19)15-8-9-15)17-6-4-12-27(14-17)20-13-16-5-2-3-7-18(16)24-25-20/h10-11,13,15,17H,2-9,12,14H2,1H3. The minimum atomic E-state index is 0.443. The second kappa shape index (κ2) is 7.06. The fourth-order valence-corrected chi connectivity index (χ4v) is 4.40. The molecule has 27 heavy (non-hydrogen) atoms. The zero-order valence-electron chi connectivity index (χ0n) is 16.1. The van der Waals surface area contributed by atoms with Crippen molar-refractivity contribution in [1.82, 2.24) is 20.2 Å². The topological polar surface area (TPSA) is 58.0 Å². The van der Waals surface area contributed by atoms with Gasteiger partial charge in [0.25, 0.3) is 0 Å². The maximum atomic E-state index is 4.83. The molecule has 6 nitrogen and oxygen atoms in total. The van der Waals surface area contributed by atoms with Crippen molar-refractivity contribution in [2.24, 2.45) is 0 Å². The Kier molecular flexibility index (Phi) is 4.42. The van der Waals surface area contributed by atoms with Gasteiger partial charge in [0.05, 0.1) is 5.69 Å². The van der Waals surface area contributed by atoms with Crippen LogP contribution in [0.25, 0.3) is 0 Å². The Morgan fingerprint density at radius 1 is 1.07 bits per heavy atom. The molecule has 0 aromatic carbocycles. The molecule has 1 saturated heterocycles. The first-order chi connectivity index (χ1) is 13.3. The van der Waals surface area contributed by atoms with E-state index < -0.39 is 0 Å². The molecule has 1 saturated carbocycles. The highest BCUT2D eigenvalue weighted by molar-refractivity contribution is 5.45. The second-order valence-electron chi connectivity index (χ2n) is 8.28. The molecule has 142 valence electrons. The normalized spacial score (nSPS) is 22.4. The molecule has 0 amide bonds. The van der Waals surface area contributed by atoms with Gasteiger partial charge in [-0.25, -0.2) is 9.97 Å². The molecular weight excluding hydrogens is 336 g/mol. The van der Waals surface area contributed by atoms with Crippen LogP contribution in [0, 0.1) is 0 Å². The first-order valence-electron chi connectivity index (χ1n) is 10.4. The molecule has 2 aromatic rings. The monoisotopic (exact) mass is 364 g/mol. The third-order valence-corrected chi connectivity index (χ3v) is 6.29. The van der Waals surface area contributed by atoms with Gasteiger partial charge in [-0.05, 0) is 69.1 Å². The number of likely N-dealkylation sites (N-methyl/N-ethyl adjacent to an activating group) is 1. The summed E-state index contributed by atoms with van der Waals surface area (Å²) >= 11 is 0. The molecule has 1 atom stereocenters. The number of aryl methyl sites for hydroxylation is 2. The van der Waals surface area contributed by atoms with E-state index in [1.54, 1.807) is 0 Å². The highest BCUT2D eigenvalue weighted by atomic mass is 15.3.